The maximum atomic E-state index is 4.95. The first-order chi connectivity index (χ1) is 9.88. The molecule has 1 aliphatic heterocycles. The van der Waals surface area contributed by atoms with Crippen LogP contribution in [0.3, 0.4) is 0 Å². The van der Waals surface area contributed by atoms with Gasteiger partial charge in [-0.15, -0.1) is 0 Å². The molecule has 1 aliphatic rings. The highest BCUT2D eigenvalue weighted by atomic mass is 15.1. The molecule has 3 nitrogen and oxygen atoms in total. The lowest BCUT2D eigenvalue weighted by Crippen LogP contribution is -2.15. The maximum Gasteiger partial charge on any atom is 0.113 e. The molecule has 2 heterocycles. The van der Waals surface area contributed by atoms with Gasteiger partial charge in [-0.3, -0.25) is 0 Å². The lowest BCUT2D eigenvalue weighted by Gasteiger charge is -2.17. The molecule has 1 aromatic heterocycles. The molecule has 0 unspecified atom stereocenters. The summed E-state index contributed by atoms with van der Waals surface area (Å²) in [7, 11) is 2.01. The van der Waals surface area contributed by atoms with Crippen LogP contribution in [0.5, 0.6) is 0 Å². The van der Waals surface area contributed by atoms with Crippen molar-refractivity contribution >= 4 is 0 Å². The summed E-state index contributed by atoms with van der Waals surface area (Å²) in [6.45, 7) is 2.15. The molecule has 0 spiro atoms. The number of nitrogens with zero attached hydrogens (tertiary/aromatic N) is 2. The van der Waals surface area contributed by atoms with E-state index in [1.165, 1.54) is 42.0 Å². The number of benzene rings is 1. The normalized spacial score (nSPS) is 14.2. The van der Waals surface area contributed by atoms with Crippen molar-refractivity contribution in [1.82, 2.24) is 14.9 Å². The van der Waals surface area contributed by atoms with Gasteiger partial charge >= 0.3 is 0 Å². The number of likely N-dealkylation sites (N-methyl/N-ethyl adjacent to an activating group) is 1. The number of hydrogen-bond donors (Lipinski definition) is 1. The summed E-state index contributed by atoms with van der Waals surface area (Å²) in [4.78, 5) is 4.95. The summed E-state index contributed by atoms with van der Waals surface area (Å²) in [6, 6.07) is 10.7. The van der Waals surface area contributed by atoms with Gasteiger partial charge in [-0.2, -0.15) is 0 Å². The molecule has 0 radical (unpaired) electrons. The smallest absolute Gasteiger partial charge is 0.113 e. The summed E-state index contributed by atoms with van der Waals surface area (Å²) in [6.07, 6.45) is 5.79. The lowest BCUT2D eigenvalue weighted by molar-refractivity contribution is 0.515. The molecule has 0 saturated carbocycles. The van der Waals surface area contributed by atoms with Crippen LogP contribution in [0.4, 0.5) is 0 Å². The van der Waals surface area contributed by atoms with E-state index >= 15 is 0 Å². The third-order valence-corrected chi connectivity index (χ3v) is 4.10. The van der Waals surface area contributed by atoms with Gasteiger partial charge in [-0.05, 0) is 31.9 Å². The van der Waals surface area contributed by atoms with Crippen molar-refractivity contribution in [2.45, 2.75) is 38.6 Å². The molecular weight excluding hydrogens is 246 g/mol. The Hall–Kier alpha value is -1.61. The minimum atomic E-state index is 0.952. The molecule has 3 heteroatoms. The van der Waals surface area contributed by atoms with Gasteiger partial charge in [0, 0.05) is 31.6 Å². The van der Waals surface area contributed by atoms with Crippen LogP contribution in [0.25, 0.3) is 0 Å². The van der Waals surface area contributed by atoms with E-state index in [9.17, 15) is 0 Å². The zero-order valence-electron chi connectivity index (χ0n) is 12.2. The fourth-order valence-corrected chi connectivity index (χ4v) is 3.05. The van der Waals surface area contributed by atoms with Gasteiger partial charge in [0.1, 0.15) is 5.82 Å². The molecule has 0 aliphatic carbocycles. The van der Waals surface area contributed by atoms with E-state index in [1.54, 1.807) is 0 Å². The van der Waals surface area contributed by atoms with Crippen LogP contribution in [0.1, 0.15) is 35.6 Å². The van der Waals surface area contributed by atoms with E-state index in [0.29, 0.717) is 0 Å². The Morgan fingerprint density at radius 3 is 2.85 bits per heavy atom. The van der Waals surface area contributed by atoms with Gasteiger partial charge in [-0.25, -0.2) is 4.98 Å². The standard InChI is InChI=1S/C17H23N3/c1-18-11-10-15-16-9-5-6-12-20(16)17(19-15)13-14-7-3-2-4-8-14/h2-4,7-8,18H,5-6,9-13H2,1H3. The molecule has 20 heavy (non-hydrogen) atoms. The monoisotopic (exact) mass is 269 g/mol. The van der Waals surface area contributed by atoms with Gasteiger partial charge in [0.25, 0.3) is 0 Å². The number of nitrogens with one attached hydrogen (secondary N) is 1. The highest BCUT2D eigenvalue weighted by molar-refractivity contribution is 5.25. The number of imidazole rings is 1. The predicted molar refractivity (Wildman–Crippen MR) is 82.0 cm³/mol. The van der Waals surface area contributed by atoms with Crippen LogP contribution in [-0.2, 0) is 25.8 Å². The molecule has 0 fully saturated rings. The Morgan fingerprint density at radius 1 is 1.20 bits per heavy atom. The van der Waals surface area contributed by atoms with Crippen LogP contribution in [0.15, 0.2) is 30.3 Å². The SMILES string of the molecule is CNCCc1nc(Cc2ccccc2)n2c1CCCC2. The third kappa shape index (κ3) is 2.78. The second-order valence-electron chi connectivity index (χ2n) is 5.55. The van der Waals surface area contributed by atoms with E-state index in [0.717, 1.165) is 25.9 Å². The molecule has 0 saturated heterocycles. The fraction of sp³-hybridized carbons (Fsp3) is 0.471. The quantitative estimate of drug-likeness (QED) is 0.904. The van der Waals surface area contributed by atoms with Crippen molar-refractivity contribution in [3.05, 3.63) is 53.1 Å². The van der Waals surface area contributed by atoms with Crippen LogP contribution in [0.2, 0.25) is 0 Å². The average Bonchev–Trinajstić information content (AvgIpc) is 2.85. The van der Waals surface area contributed by atoms with Gasteiger partial charge in [0.2, 0.25) is 0 Å². The molecule has 3 rings (SSSR count). The van der Waals surface area contributed by atoms with Crippen LogP contribution in [-0.4, -0.2) is 23.1 Å². The molecule has 0 amide bonds. The molecule has 0 bridgehead atoms. The maximum absolute atomic E-state index is 4.95. The van der Waals surface area contributed by atoms with E-state index in [1.807, 2.05) is 7.05 Å². The first-order valence-electron chi connectivity index (χ1n) is 7.64. The molecular formula is C17H23N3. The molecule has 1 aromatic carbocycles. The van der Waals surface area contributed by atoms with Gasteiger partial charge in [0.05, 0.1) is 5.69 Å². The summed E-state index contributed by atoms with van der Waals surface area (Å²) in [5.74, 6) is 1.25. The Morgan fingerprint density at radius 2 is 2.05 bits per heavy atom. The van der Waals surface area contributed by atoms with Crippen LogP contribution >= 0.6 is 0 Å². The van der Waals surface area contributed by atoms with Crippen molar-refractivity contribution in [1.29, 1.82) is 0 Å². The third-order valence-electron chi connectivity index (χ3n) is 4.10. The van der Waals surface area contributed by atoms with Crippen molar-refractivity contribution in [2.24, 2.45) is 0 Å². The number of aromatic nitrogens is 2. The first-order valence-corrected chi connectivity index (χ1v) is 7.64. The van der Waals surface area contributed by atoms with E-state index in [4.69, 9.17) is 4.98 Å². The molecule has 0 atom stereocenters. The van der Waals surface area contributed by atoms with Crippen molar-refractivity contribution in [3.63, 3.8) is 0 Å². The minimum absolute atomic E-state index is 0.952. The summed E-state index contributed by atoms with van der Waals surface area (Å²) in [5, 5.41) is 3.23. The average molecular weight is 269 g/mol. The summed E-state index contributed by atoms with van der Waals surface area (Å²) in [5.41, 5.74) is 4.15. The fourth-order valence-electron chi connectivity index (χ4n) is 3.05. The van der Waals surface area contributed by atoms with Crippen molar-refractivity contribution in [3.8, 4) is 0 Å². The van der Waals surface area contributed by atoms with Gasteiger partial charge in [0.15, 0.2) is 0 Å². The largest absolute Gasteiger partial charge is 0.331 e. The highest BCUT2D eigenvalue weighted by Gasteiger charge is 2.19. The zero-order valence-corrected chi connectivity index (χ0v) is 12.2. The summed E-state index contributed by atoms with van der Waals surface area (Å²) >= 11 is 0. The number of hydrogen-bond acceptors (Lipinski definition) is 2. The Balaban J connectivity index is 1.88. The molecule has 1 N–H and O–H groups in total. The Kier molecular flexibility index (Phi) is 4.16. The summed E-state index contributed by atoms with van der Waals surface area (Å²) < 4.78 is 2.47. The second kappa shape index (κ2) is 6.23. The Bertz CT molecular complexity index is 557. The van der Waals surface area contributed by atoms with Crippen LogP contribution < -0.4 is 5.32 Å². The first kappa shape index (κ1) is 13.4. The van der Waals surface area contributed by atoms with Gasteiger partial charge < -0.3 is 9.88 Å². The van der Waals surface area contributed by atoms with E-state index in [2.05, 4.69) is 40.2 Å². The van der Waals surface area contributed by atoms with E-state index in [-0.39, 0.29) is 0 Å². The topological polar surface area (TPSA) is 29.9 Å². The van der Waals surface area contributed by atoms with Crippen molar-refractivity contribution < 1.29 is 0 Å². The lowest BCUT2D eigenvalue weighted by atomic mass is 10.1. The predicted octanol–water partition coefficient (Wildman–Crippen LogP) is 2.57. The zero-order chi connectivity index (χ0) is 13.8. The Labute approximate surface area is 121 Å². The number of fused-ring (bicyclic) bond motifs is 1. The van der Waals surface area contributed by atoms with Gasteiger partial charge in [-0.1, -0.05) is 30.3 Å². The number of rotatable bonds is 5. The molecule has 106 valence electrons. The minimum Gasteiger partial charge on any atom is -0.331 e. The highest BCUT2D eigenvalue weighted by Crippen LogP contribution is 2.23. The molecule has 2 aromatic rings. The van der Waals surface area contributed by atoms with Crippen LogP contribution in [0, 0.1) is 0 Å². The van der Waals surface area contributed by atoms with Crippen molar-refractivity contribution in [2.75, 3.05) is 13.6 Å². The van der Waals surface area contributed by atoms with E-state index < -0.39 is 0 Å². The second-order valence-corrected chi connectivity index (χ2v) is 5.55.